The number of ether oxygens (including phenoxy) is 3. The molecule has 5 fully saturated rings. The first kappa shape index (κ1) is 56.9. The van der Waals surface area contributed by atoms with Crippen LogP contribution in [-0.2, 0) is 33.7 Å². The number of carbonyl (C=O) groups is 2. The van der Waals surface area contributed by atoms with Gasteiger partial charge in [-0.2, -0.15) is 33.3 Å². The predicted octanol–water partition coefficient (Wildman–Crippen LogP) is 7.25. The minimum Gasteiger partial charge on any atom is -0.486 e. The van der Waals surface area contributed by atoms with Gasteiger partial charge in [-0.05, 0) is 97.0 Å². The number of hydrogen-bond acceptors (Lipinski definition) is 16. The second kappa shape index (κ2) is 22.6. The first-order chi connectivity index (χ1) is 41.4. The number of aromatic amines is 1. The summed E-state index contributed by atoms with van der Waals surface area (Å²) in [7, 11) is 0. The number of rotatable bonds is 17. The van der Waals surface area contributed by atoms with Crippen LogP contribution in [0.5, 0.6) is 11.8 Å². The van der Waals surface area contributed by atoms with Gasteiger partial charge in [0.2, 0.25) is 11.8 Å². The number of aryl methyl sites for hydroxylation is 2. The molecule has 4 saturated heterocycles. The molecule has 2 bridgehead atoms. The number of nitrogens with zero attached hydrogens (tertiary/aromatic N) is 9. The second-order valence-electron chi connectivity index (χ2n) is 23.8. The summed E-state index contributed by atoms with van der Waals surface area (Å²) in [6, 6.07) is 15.3. The number of halogens is 3. The Morgan fingerprint density at radius 3 is 2.44 bits per heavy atom. The van der Waals surface area contributed by atoms with E-state index in [2.05, 4.69) is 30.6 Å². The van der Waals surface area contributed by atoms with E-state index >= 15 is 13.2 Å². The van der Waals surface area contributed by atoms with Crippen LogP contribution in [0.15, 0.2) is 77.9 Å². The minimum atomic E-state index is -4.83. The Bertz CT molecular complexity index is 3990. The lowest BCUT2D eigenvalue weighted by Gasteiger charge is -2.31. The van der Waals surface area contributed by atoms with Crippen molar-refractivity contribution in [1.29, 1.82) is 0 Å². The fourth-order valence-electron chi connectivity index (χ4n) is 13.2. The number of alkyl halides is 3. The molecule has 5 aromatic heterocycles. The molecule has 1 aliphatic carbocycles. The van der Waals surface area contributed by atoms with Crippen molar-refractivity contribution < 1.29 is 47.2 Å². The van der Waals surface area contributed by atoms with Crippen molar-refractivity contribution >= 4 is 56.2 Å². The van der Waals surface area contributed by atoms with Gasteiger partial charge in [-0.3, -0.25) is 23.7 Å². The third kappa shape index (κ3) is 10.6. The van der Waals surface area contributed by atoms with Crippen LogP contribution in [0.4, 0.5) is 24.8 Å². The van der Waals surface area contributed by atoms with Crippen molar-refractivity contribution in [3.8, 4) is 34.3 Å². The number of fused-ring (bicyclic) bond motifs is 6. The summed E-state index contributed by atoms with van der Waals surface area (Å²) in [5, 5.41) is 38.6. The first-order valence-corrected chi connectivity index (χ1v) is 29.6. The molecule has 0 spiro atoms. The standard InChI is InChI=1S/C62H68F3N13O8/c1-5-77-47(14-17-68-77)36-11-9-35(10-12-36)46(29-79)70-58(81)48-23-39(80)27-76(48)60(83)55(31(2)3)78-28-44-41-13-6-33(21-45(41)69-59(82)53(44)74-78)30-85-56-50(54-51(62(63,64)65)32(4)20-49(66)71-54)42(34-7-8-34)24-43-52(56)72-61(86-40-15-18-84-19-16-40)73-57(43)75-26-37-22-38(75)25-67-37/h6,9-14,17,20-21,24,28,31,34,37-40,46,48,55,67,79-80H,5,7-8,15-16,18-19,22-23,25-27,29-30H2,1-4H3,(H2,66,71)(H,69,82)(H,70,81)/t37-,38-,39+,46-,48-,55-/m0/s1. The van der Waals surface area contributed by atoms with Gasteiger partial charge in [-0.15, -0.1) is 0 Å². The van der Waals surface area contributed by atoms with Crippen molar-refractivity contribution in [3.63, 3.8) is 0 Å². The highest BCUT2D eigenvalue weighted by Gasteiger charge is 2.45. The van der Waals surface area contributed by atoms with E-state index in [9.17, 15) is 24.6 Å². The monoisotopic (exact) mass is 1180 g/mol. The van der Waals surface area contributed by atoms with E-state index in [-0.39, 0.29) is 89.1 Å². The molecule has 86 heavy (non-hydrogen) atoms. The number of likely N-dealkylation sites (tertiary alicyclic amines) is 1. The Kier molecular flexibility index (Phi) is 14.9. The number of amides is 2. The van der Waals surface area contributed by atoms with Crippen LogP contribution in [0.2, 0.25) is 0 Å². The lowest BCUT2D eigenvalue weighted by molar-refractivity contribution is -0.142. The average Bonchev–Trinajstić information content (AvgIpc) is 1.25. The van der Waals surface area contributed by atoms with E-state index in [0.717, 1.165) is 37.1 Å². The molecule has 2 amide bonds. The summed E-state index contributed by atoms with van der Waals surface area (Å²) in [6.45, 7) is 9.34. The number of aromatic nitrogens is 8. The molecule has 5 aliphatic rings. The van der Waals surface area contributed by atoms with Crippen LogP contribution >= 0.6 is 0 Å². The number of anilines is 2. The second-order valence-corrected chi connectivity index (χ2v) is 23.8. The number of piperazine rings is 1. The van der Waals surface area contributed by atoms with Crippen molar-refractivity contribution in [2.75, 3.05) is 50.1 Å². The van der Waals surface area contributed by atoms with Crippen molar-refractivity contribution in [3.05, 3.63) is 111 Å². The zero-order valence-electron chi connectivity index (χ0n) is 48.1. The summed E-state index contributed by atoms with van der Waals surface area (Å²) < 4.78 is 68.8. The average molecular weight is 1180 g/mol. The molecule has 8 aromatic rings. The Balaban J connectivity index is 0.835. The Hall–Kier alpha value is -8.19. The number of hydrogen-bond donors (Lipinski definition) is 6. The lowest BCUT2D eigenvalue weighted by Crippen LogP contribution is -2.50. The molecule has 21 nitrogen and oxygen atoms in total. The van der Waals surface area contributed by atoms with Crippen LogP contribution in [0.3, 0.4) is 0 Å². The zero-order valence-corrected chi connectivity index (χ0v) is 48.1. The van der Waals surface area contributed by atoms with Gasteiger partial charge in [-0.25, -0.2) is 4.98 Å². The summed E-state index contributed by atoms with van der Waals surface area (Å²) in [6.07, 6.45) is 0.773. The van der Waals surface area contributed by atoms with Gasteiger partial charge in [0.1, 0.15) is 41.9 Å². The molecule has 0 unspecified atom stereocenters. The van der Waals surface area contributed by atoms with Gasteiger partial charge < -0.3 is 55.6 Å². The third-order valence-electron chi connectivity index (χ3n) is 17.6. The normalized spacial score (nSPS) is 20.7. The number of aliphatic hydroxyl groups excluding tert-OH is 2. The smallest absolute Gasteiger partial charge is 0.418 e. The molecule has 6 atom stereocenters. The van der Waals surface area contributed by atoms with Crippen LogP contribution in [0.25, 0.3) is 55.2 Å². The van der Waals surface area contributed by atoms with E-state index in [1.807, 2.05) is 61.9 Å². The number of nitrogen functional groups attached to an aromatic ring is 1. The van der Waals surface area contributed by atoms with Crippen molar-refractivity contribution in [2.24, 2.45) is 5.92 Å². The van der Waals surface area contributed by atoms with Crippen LogP contribution in [-0.4, -0.2) is 136 Å². The number of aliphatic hydroxyl groups is 2. The first-order valence-electron chi connectivity index (χ1n) is 29.6. The van der Waals surface area contributed by atoms with E-state index in [0.29, 0.717) is 83.3 Å². The maximum atomic E-state index is 15.5. The number of H-pyrrole nitrogens is 1. The topological polar surface area (TPSA) is 266 Å². The van der Waals surface area contributed by atoms with Gasteiger partial charge >= 0.3 is 12.2 Å². The van der Waals surface area contributed by atoms with Gasteiger partial charge in [0.05, 0.1) is 48.9 Å². The Labute approximate surface area is 492 Å². The fraction of sp³-hybridized carbons (Fsp3) is 0.452. The summed E-state index contributed by atoms with van der Waals surface area (Å²) >= 11 is 0. The van der Waals surface area contributed by atoms with E-state index < -0.39 is 65.9 Å². The molecule has 1 saturated carbocycles. The molecule has 9 heterocycles. The number of benzene rings is 3. The predicted molar refractivity (Wildman–Crippen MR) is 314 cm³/mol. The summed E-state index contributed by atoms with van der Waals surface area (Å²) in [5.74, 6) is -0.986. The quantitative estimate of drug-likeness (QED) is 0.0524. The maximum Gasteiger partial charge on any atom is 0.418 e. The van der Waals surface area contributed by atoms with Gasteiger partial charge in [0.15, 0.2) is 11.3 Å². The Morgan fingerprint density at radius 1 is 0.953 bits per heavy atom. The lowest BCUT2D eigenvalue weighted by atomic mass is 9.92. The van der Waals surface area contributed by atoms with Gasteiger partial charge in [0.25, 0.3) is 5.56 Å². The van der Waals surface area contributed by atoms with Crippen LogP contribution in [0.1, 0.15) is 105 Å². The number of pyridine rings is 2. The van der Waals surface area contributed by atoms with Crippen molar-refractivity contribution in [2.45, 2.75) is 134 Å². The molecule has 24 heteroatoms. The molecule has 0 radical (unpaired) electrons. The van der Waals surface area contributed by atoms with E-state index in [1.54, 1.807) is 30.6 Å². The molecular weight excluding hydrogens is 1110 g/mol. The highest BCUT2D eigenvalue weighted by Crippen LogP contribution is 2.54. The highest BCUT2D eigenvalue weighted by molar-refractivity contribution is 6.04. The minimum absolute atomic E-state index is 0.0361. The summed E-state index contributed by atoms with van der Waals surface area (Å²) in [5.41, 5.74) is 8.87. The van der Waals surface area contributed by atoms with Gasteiger partial charge in [-0.1, -0.05) is 50.2 Å². The zero-order chi connectivity index (χ0) is 59.9. The molecular formula is C62H68F3N13O8. The number of carbonyl (C=O) groups excluding carboxylic acids is 2. The van der Waals surface area contributed by atoms with Crippen molar-refractivity contribution in [1.82, 2.24) is 55.0 Å². The fourth-order valence-corrected chi connectivity index (χ4v) is 13.2. The largest absolute Gasteiger partial charge is 0.486 e. The van der Waals surface area contributed by atoms with E-state index in [4.69, 9.17) is 35.0 Å². The number of nitrogens with one attached hydrogen (secondary N) is 3. The third-order valence-corrected chi connectivity index (χ3v) is 17.6. The number of nitrogens with two attached hydrogens (primary N) is 1. The molecule has 3 aromatic carbocycles. The molecule has 7 N–H and O–H groups in total. The Morgan fingerprint density at radius 2 is 1.74 bits per heavy atom. The van der Waals surface area contributed by atoms with E-state index in [1.165, 1.54) is 22.6 Å². The summed E-state index contributed by atoms with van der Waals surface area (Å²) in [4.78, 5) is 64.2. The highest BCUT2D eigenvalue weighted by atomic mass is 19.4. The van der Waals surface area contributed by atoms with Crippen LogP contribution in [0, 0.1) is 12.8 Å². The molecule has 450 valence electrons. The SMILES string of the molecule is CCn1nccc1-c1ccc([C@H](CO)NC(=O)[C@@H]2C[C@@H](O)CN2C(=O)[C@H](C(C)C)n2cc3c(n2)c(=O)[nH]c2cc(COc4c(-c5nc(N)cc(C)c5C(F)(F)F)c(C5CC5)cc5c(N6C[C@@H]7C[C@H]6CN7)nc(OC6CCOCC6)nc45)ccc23)cc1. The molecule has 4 aliphatic heterocycles. The number of β-amino-alcohol motifs (C(OH)–C–C–N with tert-alkyl or cyclic N) is 1. The van der Waals surface area contributed by atoms with Crippen LogP contribution < -0.4 is 36.3 Å². The van der Waals surface area contributed by atoms with Gasteiger partial charge in [0, 0.05) is 97.2 Å². The maximum absolute atomic E-state index is 15.5. The molecule has 13 rings (SSSR count).